The molecule has 1 aromatic heterocycles. The van der Waals surface area contributed by atoms with E-state index in [2.05, 4.69) is 4.98 Å². The van der Waals surface area contributed by atoms with Crippen molar-refractivity contribution in [2.24, 2.45) is 0 Å². The van der Waals surface area contributed by atoms with Gasteiger partial charge < -0.3 is 4.74 Å². The van der Waals surface area contributed by atoms with Gasteiger partial charge in [0.1, 0.15) is 11.9 Å². The first kappa shape index (κ1) is 13.3. The summed E-state index contributed by atoms with van der Waals surface area (Å²) in [5, 5.41) is 0. The number of ether oxygens (including phenoxy) is 1. The van der Waals surface area contributed by atoms with E-state index in [0.717, 1.165) is 0 Å². The van der Waals surface area contributed by atoms with Gasteiger partial charge in [-0.3, -0.25) is 4.98 Å². The molecule has 7 heteroatoms. The summed E-state index contributed by atoms with van der Waals surface area (Å²) in [6, 6.07) is 3.61. The summed E-state index contributed by atoms with van der Waals surface area (Å²) < 4.78 is 32.2. The zero-order chi connectivity index (χ0) is 13.2. The van der Waals surface area contributed by atoms with Gasteiger partial charge in [-0.25, -0.2) is 0 Å². The summed E-state index contributed by atoms with van der Waals surface area (Å²) in [6.45, 7) is 0.876. The molecule has 0 spiro atoms. The largest absolute Gasteiger partial charge is 0.487 e. The third-order valence-electron chi connectivity index (χ3n) is 2.83. The van der Waals surface area contributed by atoms with Crippen molar-refractivity contribution < 1.29 is 13.2 Å². The molecule has 1 aliphatic heterocycles. The Kier molecular flexibility index (Phi) is 3.84. The van der Waals surface area contributed by atoms with Crippen molar-refractivity contribution in [3.63, 3.8) is 0 Å². The Bertz CT molecular complexity index is 490. The molecule has 1 aliphatic rings. The Morgan fingerprint density at radius 3 is 2.89 bits per heavy atom. The quantitative estimate of drug-likeness (QED) is 0.792. The van der Waals surface area contributed by atoms with Gasteiger partial charge in [0.25, 0.3) is 10.2 Å². The van der Waals surface area contributed by atoms with Crippen molar-refractivity contribution in [3.05, 3.63) is 24.5 Å². The molecule has 0 saturated carbocycles. The molecule has 1 saturated heterocycles. The number of pyridine rings is 1. The van der Waals surface area contributed by atoms with Gasteiger partial charge in [-0.2, -0.15) is 17.0 Å². The maximum atomic E-state index is 11.9. The monoisotopic (exact) mass is 271 g/mol. The highest BCUT2D eigenvalue weighted by atomic mass is 32.2. The maximum Gasteiger partial charge on any atom is 0.281 e. The van der Waals surface area contributed by atoms with Gasteiger partial charge in [0.05, 0.1) is 12.7 Å². The molecule has 1 aromatic rings. The summed E-state index contributed by atoms with van der Waals surface area (Å²) in [6.07, 6.45) is 3.89. The molecular weight excluding hydrogens is 254 g/mol. The van der Waals surface area contributed by atoms with Crippen molar-refractivity contribution in [2.45, 2.75) is 12.5 Å². The van der Waals surface area contributed by atoms with Gasteiger partial charge in [0.2, 0.25) is 0 Å². The van der Waals surface area contributed by atoms with E-state index in [1.165, 1.54) is 22.7 Å². The SMILES string of the molecule is CN(C)S(=O)(=O)N1CC[C@@H](Oc2cccnc2)C1. The van der Waals surface area contributed by atoms with E-state index < -0.39 is 10.2 Å². The molecule has 0 radical (unpaired) electrons. The van der Waals surface area contributed by atoms with Crippen LogP contribution in [0.15, 0.2) is 24.5 Å². The smallest absolute Gasteiger partial charge is 0.281 e. The second-order valence-electron chi connectivity index (χ2n) is 4.37. The Labute approximate surface area is 107 Å². The van der Waals surface area contributed by atoms with Crippen LogP contribution in [0.5, 0.6) is 5.75 Å². The molecule has 1 fully saturated rings. The van der Waals surface area contributed by atoms with Gasteiger partial charge in [0.15, 0.2) is 0 Å². The van der Waals surface area contributed by atoms with Crippen molar-refractivity contribution in [2.75, 3.05) is 27.2 Å². The lowest BCUT2D eigenvalue weighted by molar-refractivity contribution is 0.214. The highest BCUT2D eigenvalue weighted by Gasteiger charge is 2.33. The van der Waals surface area contributed by atoms with E-state index in [9.17, 15) is 8.42 Å². The topological polar surface area (TPSA) is 62.7 Å². The Morgan fingerprint density at radius 1 is 1.50 bits per heavy atom. The molecule has 0 unspecified atom stereocenters. The van der Waals surface area contributed by atoms with Crippen molar-refractivity contribution >= 4 is 10.2 Å². The predicted molar refractivity (Wildman–Crippen MR) is 67.4 cm³/mol. The van der Waals surface area contributed by atoms with Gasteiger partial charge in [-0.15, -0.1) is 0 Å². The number of hydrogen-bond donors (Lipinski definition) is 0. The average Bonchev–Trinajstić information content (AvgIpc) is 2.79. The zero-order valence-electron chi connectivity index (χ0n) is 10.5. The van der Waals surface area contributed by atoms with Crippen LogP contribution in [0.3, 0.4) is 0 Å². The van der Waals surface area contributed by atoms with Gasteiger partial charge >= 0.3 is 0 Å². The van der Waals surface area contributed by atoms with Crippen LogP contribution in [0.2, 0.25) is 0 Å². The molecule has 2 heterocycles. The van der Waals surface area contributed by atoms with Gasteiger partial charge in [-0.05, 0) is 18.6 Å². The minimum Gasteiger partial charge on any atom is -0.487 e. The van der Waals surface area contributed by atoms with Crippen molar-refractivity contribution in [1.82, 2.24) is 13.6 Å². The standard InChI is InChI=1S/C11H17N3O3S/c1-13(2)18(15,16)14-7-5-11(9-14)17-10-4-3-6-12-8-10/h3-4,6,8,11H,5,7,9H2,1-2H3/t11-/m1/s1. The zero-order valence-corrected chi connectivity index (χ0v) is 11.3. The Balaban J connectivity index is 1.97. The predicted octanol–water partition coefficient (Wildman–Crippen LogP) is 0.341. The molecule has 2 rings (SSSR count). The summed E-state index contributed by atoms with van der Waals surface area (Å²) in [7, 11) is -0.266. The third-order valence-corrected chi connectivity index (χ3v) is 4.74. The molecule has 100 valence electrons. The normalized spacial score (nSPS) is 21.4. The number of nitrogens with zero attached hydrogens (tertiary/aromatic N) is 3. The van der Waals surface area contributed by atoms with Crippen LogP contribution >= 0.6 is 0 Å². The highest BCUT2D eigenvalue weighted by molar-refractivity contribution is 7.86. The average molecular weight is 271 g/mol. The summed E-state index contributed by atoms with van der Waals surface area (Å²) in [5.41, 5.74) is 0. The first-order valence-electron chi connectivity index (χ1n) is 5.74. The lowest BCUT2D eigenvalue weighted by atomic mass is 10.3. The van der Waals surface area contributed by atoms with E-state index in [1.54, 1.807) is 18.5 Å². The minimum absolute atomic E-state index is 0.107. The second kappa shape index (κ2) is 5.21. The molecule has 0 bridgehead atoms. The first-order valence-corrected chi connectivity index (χ1v) is 7.14. The van der Waals surface area contributed by atoms with Crippen LogP contribution in [0.25, 0.3) is 0 Å². The molecule has 18 heavy (non-hydrogen) atoms. The molecule has 0 aliphatic carbocycles. The molecular formula is C11H17N3O3S. The van der Waals surface area contributed by atoms with Crippen LogP contribution in [-0.4, -0.2) is 55.3 Å². The van der Waals surface area contributed by atoms with Crippen LogP contribution in [0.1, 0.15) is 6.42 Å². The van der Waals surface area contributed by atoms with E-state index in [1.807, 2.05) is 6.07 Å². The number of hydrogen-bond acceptors (Lipinski definition) is 4. The first-order chi connectivity index (χ1) is 8.50. The van der Waals surface area contributed by atoms with Crippen molar-refractivity contribution in [1.29, 1.82) is 0 Å². The Morgan fingerprint density at radius 2 is 2.28 bits per heavy atom. The van der Waals surface area contributed by atoms with E-state index in [-0.39, 0.29) is 6.10 Å². The molecule has 0 amide bonds. The highest BCUT2D eigenvalue weighted by Crippen LogP contribution is 2.20. The maximum absolute atomic E-state index is 11.9. The lowest BCUT2D eigenvalue weighted by Gasteiger charge is -2.20. The molecule has 1 atom stereocenters. The minimum atomic E-state index is -3.33. The third kappa shape index (κ3) is 2.80. The summed E-state index contributed by atoms with van der Waals surface area (Å²) in [4.78, 5) is 3.96. The summed E-state index contributed by atoms with van der Waals surface area (Å²) >= 11 is 0. The summed E-state index contributed by atoms with van der Waals surface area (Å²) in [5.74, 6) is 0.673. The number of aromatic nitrogens is 1. The molecule has 0 N–H and O–H groups in total. The molecule has 6 nitrogen and oxygen atoms in total. The fraction of sp³-hybridized carbons (Fsp3) is 0.545. The Hall–Kier alpha value is -1.18. The van der Waals surface area contributed by atoms with Crippen LogP contribution in [0, 0.1) is 0 Å². The van der Waals surface area contributed by atoms with Crippen LogP contribution in [-0.2, 0) is 10.2 Å². The second-order valence-corrected chi connectivity index (χ2v) is 6.51. The lowest BCUT2D eigenvalue weighted by Crippen LogP contribution is -2.39. The van der Waals surface area contributed by atoms with Crippen molar-refractivity contribution in [3.8, 4) is 5.75 Å². The fourth-order valence-electron chi connectivity index (χ4n) is 1.84. The van der Waals surface area contributed by atoms with Crippen LogP contribution in [0.4, 0.5) is 0 Å². The number of rotatable bonds is 4. The van der Waals surface area contributed by atoms with E-state index in [4.69, 9.17) is 4.74 Å². The van der Waals surface area contributed by atoms with Crippen LogP contribution < -0.4 is 4.74 Å². The van der Waals surface area contributed by atoms with Gasteiger partial charge in [-0.1, -0.05) is 0 Å². The van der Waals surface area contributed by atoms with Gasteiger partial charge in [0, 0.05) is 26.8 Å². The van der Waals surface area contributed by atoms with E-state index >= 15 is 0 Å². The van der Waals surface area contributed by atoms with E-state index in [0.29, 0.717) is 25.3 Å². The fourth-order valence-corrected chi connectivity index (χ4v) is 3.00. The molecule has 0 aromatic carbocycles.